The van der Waals surface area contributed by atoms with Crippen LogP contribution in [0, 0.1) is 5.92 Å². The maximum atomic E-state index is 2.80. The Morgan fingerprint density at radius 3 is 1.60 bits per heavy atom. The van der Waals surface area contributed by atoms with Crippen molar-refractivity contribution in [3.05, 3.63) is 0 Å². The van der Waals surface area contributed by atoms with Crippen LogP contribution in [-0.2, 0) is 0 Å². The Balaban J connectivity index is 1.42. The second-order valence-electron chi connectivity index (χ2n) is 7.13. The van der Waals surface area contributed by atoms with E-state index < -0.39 is 0 Å². The van der Waals surface area contributed by atoms with Crippen LogP contribution >= 0.6 is 22.9 Å². The fourth-order valence-electron chi connectivity index (χ4n) is 4.27. The molecule has 3 nitrogen and oxygen atoms in total. The molecule has 3 fully saturated rings. The van der Waals surface area contributed by atoms with Crippen molar-refractivity contribution in [1.29, 1.82) is 0 Å². The summed E-state index contributed by atoms with van der Waals surface area (Å²) < 4.78 is 2.45. The van der Waals surface area contributed by atoms with Gasteiger partial charge in [0.15, 0.2) is 0 Å². The van der Waals surface area contributed by atoms with E-state index >= 15 is 0 Å². The molecule has 3 rings (SSSR count). The van der Waals surface area contributed by atoms with Crippen molar-refractivity contribution >= 4 is 22.9 Å². The fraction of sp³-hybridized carbons (Fsp3) is 1.00. The van der Waals surface area contributed by atoms with Crippen molar-refractivity contribution < 1.29 is 0 Å². The van der Waals surface area contributed by atoms with Gasteiger partial charge < -0.3 is 0 Å². The van der Waals surface area contributed by atoms with Gasteiger partial charge in [-0.1, -0.05) is 6.92 Å². The Hall–Kier alpha value is 0.610. The van der Waals surface area contributed by atoms with Gasteiger partial charge in [0.05, 0.1) is 0 Å². The second kappa shape index (κ2) is 7.25. The molecule has 0 bridgehead atoms. The molecule has 1 aliphatic carbocycles. The molecule has 0 N–H and O–H groups in total. The minimum absolute atomic E-state index is 0.870. The number of piperidine rings is 1. The van der Waals surface area contributed by atoms with E-state index in [1.807, 2.05) is 0 Å². The first kappa shape index (κ1) is 15.5. The van der Waals surface area contributed by atoms with Crippen LogP contribution in [-0.4, -0.2) is 64.3 Å². The van der Waals surface area contributed by atoms with Crippen LogP contribution < -0.4 is 0 Å². The van der Waals surface area contributed by atoms with Crippen LogP contribution in [0.5, 0.6) is 0 Å². The summed E-state index contributed by atoms with van der Waals surface area (Å²) in [5.41, 5.74) is 0. The van der Waals surface area contributed by atoms with Crippen molar-refractivity contribution in [3.63, 3.8) is 0 Å². The average Bonchev–Trinajstić information content (AvgIpc) is 2.49. The largest absolute Gasteiger partial charge is 0.298 e. The van der Waals surface area contributed by atoms with Crippen molar-refractivity contribution in [2.75, 3.05) is 39.3 Å². The quantitative estimate of drug-likeness (QED) is 0.529. The first-order valence-corrected chi connectivity index (χ1v) is 9.57. The summed E-state index contributed by atoms with van der Waals surface area (Å²) in [5, 5.41) is 0. The molecule has 0 radical (unpaired) electrons. The summed E-state index contributed by atoms with van der Waals surface area (Å²) in [6.45, 7) is 10.3. The van der Waals surface area contributed by atoms with Crippen LogP contribution in [0.4, 0.5) is 0 Å². The maximum absolute atomic E-state index is 2.80. The van der Waals surface area contributed by atoms with Gasteiger partial charge >= 0.3 is 0 Å². The summed E-state index contributed by atoms with van der Waals surface area (Å²) in [6.07, 6.45) is 8.58. The topological polar surface area (TPSA) is 9.72 Å². The summed E-state index contributed by atoms with van der Waals surface area (Å²) in [6, 6.07) is 1.78. The number of rotatable bonds is 2. The van der Waals surface area contributed by atoms with Gasteiger partial charge in [-0.2, -0.15) is 0 Å². The molecule has 0 aromatic heterocycles. The zero-order valence-corrected chi connectivity index (χ0v) is 15.1. The second-order valence-corrected chi connectivity index (χ2v) is 8.49. The Morgan fingerprint density at radius 2 is 1.10 bits per heavy atom. The number of halogens is 1. The Kier molecular flexibility index (Phi) is 5.62. The molecule has 0 atom stereocenters. The van der Waals surface area contributed by atoms with E-state index in [0.29, 0.717) is 0 Å². The minimum Gasteiger partial charge on any atom is -0.298 e. The standard InChI is InChI=1S/C16H30IN3/c1-14-2-4-15(5-3-14)18-10-12-19(13-11-18)16-6-8-20(17)9-7-16/h14-16H,2-13H2,1H3. The lowest BCUT2D eigenvalue weighted by molar-refractivity contribution is 0.0405. The minimum atomic E-state index is 0.870. The predicted octanol–water partition coefficient (Wildman–Crippen LogP) is 3.00. The van der Waals surface area contributed by atoms with E-state index in [9.17, 15) is 0 Å². The summed E-state index contributed by atoms with van der Waals surface area (Å²) in [7, 11) is 0. The van der Waals surface area contributed by atoms with E-state index in [-0.39, 0.29) is 0 Å². The van der Waals surface area contributed by atoms with Gasteiger partial charge in [-0.15, -0.1) is 0 Å². The van der Waals surface area contributed by atoms with E-state index in [1.165, 1.54) is 77.8 Å². The zero-order chi connectivity index (χ0) is 13.9. The highest BCUT2D eigenvalue weighted by Crippen LogP contribution is 2.28. The molecule has 2 heterocycles. The molecule has 0 spiro atoms. The number of piperazine rings is 1. The van der Waals surface area contributed by atoms with E-state index in [0.717, 1.165) is 18.0 Å². The molecule has 2 saturated heterocycles. The molecule has 4 heteroatoms. The van der Waals surface area contributed by atoms with Gasteiger partial charge in [0.25, 0.3) is 0 Å². The molecule has 0 aromatic carbocycles. The van der Waals surface area contributed by atoms with Gasteiger partial charge in [-0.25, -0.2) is 3.11 Å². The first-order chi connectivity index (χ1) is 9.72. The van der Waals surface area contributed by atoms with Crippen molar-refractivity contribution in [2.45, 2.75) is 57.5 Å². The highest BCUT2D eigenvalue weighted by atomic mass is 127. The molecule has 1 saturated carbocycles. The molecule has 0 aromatic rings. The first-order valence-electron chi connectivity index (χ1n) is 8.61. The lowest BCUT2D eigenvalue weighted by Crippen LogP contribution is -2.55. The molecular formula is C16H30IN3. The molecular weight excluding hydrogens is 361 g/mol. The highest BCUT2D eigenvalue weighted by Gasteiger charge is 2.30. The fourth-order valence-corrected chi connectivity index (χ4v) is 4.83. The van der Waals surface area contributed by atoms with E-state index in [1.54, 1.807) is 0 Å². The van der Waals surface area contributed by atoms with Gasteiger partial charge in [0, 0.05) is 74.2 Å². The normalized spacial score (nSPS) is 36.3. The maximum Gasteiger partial charge on any atom is 0.0201 e. The lowest BCUT2D eigenvalue weighted by atomic mass is 9.86. The van der Waals surface area contributed by atoms with Gasteiger partial charge in [0.2, 0.25) is 0 Å². The molecule has 0 amide bonds. The zero-order valence-electron chi connectivity index (χ0n) is 12.9. The Morgan fingerprint density at radius 1 is 0.650 bits per heavy atom. The van der Waals surface area contributed by atoms with Gasteiger partial charge in [0.1, 0.15) is 0 Å². The third-order valence-corrected chi connectivity index (χ3v) is 6.74. The molecule has 116 valence electrons. The van der Waals surface area contributed by atoms with Crippen LogP contribution in [0.15, 0.2) is 0 Å². The van der Waals surface area contributed by atoms with Gasteiger partial charge in [-0.3, -0.25) is 9.80 Å². The smallest absolute Gasteiger partial charge is 0.0201 e. The van der Waals surface area contributed by atoms with Crippen molar-refractivity contribution in [1.82, 2.24) is 12.9 Å². The lowest BCUT2D eigenvalue weighted by Gasteiger charge is -2.45. The monoisotopic (exact) mass is 391 g/mol. The number of nitrogens with zero attached hydrogens (tertiary/aromatic N) is 3. The van der Waals surface area contributed by atoms with E-state index in [2.05, 4.69) is 42.7 Å². The van der Waals surface area contributed by atoms with Crippen molar-refractivity contribution in [3.8, 4) is 0 Å². The summed E-state index contributed by atoms with van der Waals surface area (Å²) in [4.78, 5) is 5.58. The third-order valence-electron chi connectivity index (χ3n) is 5.78. The van der Waals surface area contributed by atoms with Crippen LogP contribution in [0.2, 0.25) is 0 Å². The SMILES string of the molecule is CC1CCC(N2CCN(C3CCN(I)CC3)CC2)CC1. The van der Waals surface area contributed by atoms with Crippen molar-refractivity contribution in [2.24, 2.45) is 5.92 Å². The van der Waals surface area contributed by atoms with Gasteiger partial charge in [-0.05, 0) is 44.4 Å². The van der Waals surface area contributed by atoms with Crippen LogP contribution in [0.25, 0.3) is 0 Å². The third kappa shape index (κ3) is 3.87. The summed E-state index contributed by atoms with van der Waals surface area (Å²) in [5.74, 6) is 0.978. The average molecular weight is 391 g/mol. The summed E-state index contributed by atoms with van der Waals surface area (Å²) >= 11 is 2.48. The van der Waals surface area contributed by atoms with Crippen LogP contribution in [0.3, 0.4) is 0 Å². The predicted molar refractivity (Wildman–Crippen MR) is 93.2 cm³/mol. The number of hydrogen-bond acceptors (Lipinski definition) is 3. The Labute approximate surface area is 138 Å². The van der Waals surface area contributed by atoms with E-state index in [4.69, 9.17) is 0 Å². The molecule has 0 unspecified atom stereocenters. The molecule has 20 heavy (non-hydrogen) atoms. The number of hydrogen-bond donors (Lipinski definition) is 0. The highest BCUT2D eigenvalue weighted by molar-refractivity contribution is 14.1. The molecule has 2 aliphatic heterocycles. The van der Waals surface area contributed by atoms with Crippen LogP contribution in [0.1, 0.15) is 45.4 Å². The molecule has 3 aliphatic rings. The Bertz CT molecular complexity index is 258.